The number of aromatic hydroxyl groups is 1. The fourth-order valence-electron chi connectivity index (χ4n) is 2.17. The zero-order valence-corrected chi connectivity index (χ0v) is 11.8. The number of imidazole rings is 1. The number of nitrogens with one attached hydrogen (secondary N) is 2. The molecular formula is C16H15N3O2. The minimum absolute atomic E-state index is 0.0576. The van der Waals surface area contributed by atoms with Crippen LogP contribution in [0, 0.1) is 13.8 Å². The number of phenols is 1. The Bertz CT molecular complexity index is 798. The molecule has 0 fully saturated rings. The Balaban J connectivity index is 1.92. The third kappa shape index (κ3) is 2.45. The Morgan fingerprint density at radius 2 is 1.90 bits per heavy atom. The second-order valence-corrected chi connectivity index (χ2v) is 5.01. The van der Waals surface area contributed by atoms with E-state index in [2.05, 4.69) is 15.3 Å². The predicted molar refractivity (Wildman–Crippen MR) is 81.6 cm³/mol. The van der Waals surface area contributed by atoms with Gasteiger partial charge in [0, 0.05) is 0 Å². The average Bonchev–Trinajstić information content (AvgIpc) is 2.81. The molecule has 0 aliphatic heterocycles. The van der Waals surface area contributed by atoms with Crippen LogP contribution in [0.5, 0.6) is 5.75 Å². The van der Waals surface area contributed by atoms with E-state index in [0.717, 1.165) is 22.2 Å². The van der Waals surface area contributed by atoms with Crippen LogP contribution in [0.15, 0.2) is 36.4 Å². The highest BCUT2D eigenvalue weighted by molar-refractivity contribution is 6.05. The highest BCUT2D eigenvalue weighted by atomic mass is 16.3. The molecule has 0 bridgehead atoms. The number of hydrogen-bond donors (Lipinski definition) is 3. The quantitative estimate of drug-likeness (QED) is 0.675. The molecule has 1 aromatic heterocycles. The Hall–Kier alpha value is -2.82. The van der Waals surface area contributed by atoms with E-state index in [-0.39, 0.29) is 11.3 Å². The van der Waals surface area contributed by atoms with Crippen LogP contribution >= 0.6 is 0 Å². The molecular weight excluding hydrogens is 266 g/mol. The number of aryl methyl sites for hydroxylation is 2. The van der Waals surface area contributed by atoms with Crippen LogP contribution in [0.1, 0.15) is 21.5 Å². The van der Waals surface area contributed by atoms with Crippen LogP contribution < -0.4 is 5.32 Å². The van der Waals surface area contributed by atoms with Crippen molar-refractivity contribution < 1.29 is 9.90 Å². The Morgan fingerprint density at radius 3 is 2.67 bits per heavy atom. The van der Waals surface area contributed by atoms with E-state index < -0.39 is 5.91 Å². The number of aromatic amines is 1. The number of para-hydroxylation sites is 1. The van der Waals surface area contributed by atoms with Gasteiger partial charge in [0.05, 0.1) is 16.6 Å². The first-order valence-corrected chi connectivity index (χ1v) is 6.61. The number of benzene rings is 2. The van der Waals surface area contributed by atoms with Crippen molar-refractivity contribution >= 4 is 22.9 Å². The Kier molecular flexibility index (Phi) is 3.10. The van der Waals surface area contributed by atoms with E-state index in [0.29, 0.717) is 5.95 Å². The summed E-state index contributed by atoms with van der Waals surface area (Å²) in [4.78, 5) is 19.5. The van der Waals surface area contributed by atoms with Gasteiger partial charge in [0.2, 0.25) is 5.95 Å². The number of fused-ring (bicyclic) bond motifs is 1. The van der Waals surface area contributed by atoms with E-state index in [9.17, 15) is 9.90 Å². The van der Waals surface area contributed by atoms with Crippen LogP contribution in [0.2, 0.25) is 0 Å². The van der Waals surface area contributed by atoms with Gasteiger partial charge in [0.25, 0.3) is 5.91 Å². The molecule has 1 amide bonds. The van der Waals surface area contributed by atoms with Gasteiger partial charge in [-0.3, -0.25) is 10.1 Å². The normalized spacial score (nSPS) is 10.8. The number of carbonyl (C=O) groups is 1. The van der Waals surface area contributed by atoms with Crippen molar-refractivity contribution in [2.45, 2.75) is 13.8 Å². The summed E-state index contributed by atoms with van der Waals surface area (Å²) in [5.41, 5.74) is 4.18. The van der Waals surface area contributed by atoms with E-state index in [1.165, 1.54) is 6.07 Å². The van der Waals surface area contributed by atoms with Crippen LogP contribution in [-0.2, 0) is 0 Å². The van der Waals surface area contributed by atoms with Gasteiger partial charge in [0.1, 0.15) is 5.75 Å². The standard InChI is InChI=1S/C16H15N3O2/c1-9-7-12-13(8-10(9)2)18-16(17-12)19-15(21)11-5-3-4-6-14(11)20/h3-8,20H,1-2H3,(H2,17,18,19,21). The smallest absolute Gasteiger partial charge is 0.261 e. The number of H-pyrrole nitrogens is 1. The number of phenolic OH excluding ortho intramolecular Hbond substituents is 1. The molecule has 0 spiro atoms. The van der Waals surface area contributed by atoms with Crippen molar-refractivity contribution in [3.63, 3.8) is 0 Å². The molecule has 2 aromatic carbocycles. The van der Waals surface area contributed by atoms with Crippen LogP contribution in [0.3, 0.4) is 0 Å². The summed E-state index contributed by atoms with van der Waals surface area (Å²) in [6, 6.07) is 10.4. The van der Waals surface area contributed by atoms with Gasteiger partial charge in [0.15, 0.2) is 0 Å². The number of nitrogens with zero attached hydrogens (tertiary/aromatic N) is 1. The number of carbonyl (C=O) groups excluding carboxylic acids is 1. The molecule has 106 valence electrons. The minimum Gasteiger partial charge on any atom is -0.507 e. The van der Waals surface area contributed by atoms with Crippen molar-refractivity contribution in [1.29, 1.82) is 0 Å². The van der Waals surface area contributed by atoms with Crippen molar-refractivity contribution in [2.75, 3.05) is 5.32 Å². The molecule has 3 rings (SSSR count). The summed E-state index contributed by atoms with van der Waals surface area (Å²) in [6.45, 7) is 4.04. The van der Waals surface area contributed by atoms with Gasteiger partial charge in [-0.25, -0.2) is 4.98 Å². The lowest BCUT2D eigenvalue weighted by molar-refractivity contribution is 0.102. The number of aromatic nitrogens is 2. The van der Waals surface area contributed by atoms with Crippen molar-refractivity contribution in [2.24, 2.45) is 0 Å². The lowest BCUT2D eigenvalue weighted by Crippen LogP contribution is -2.12. The van der Waals surface area contributed by atoms with Gasteiger partial charge in [-0.05, 0) is 49.2 Å². The van der Waals surface area contributed by atoms with E-state index in [4.69, 9.17) is 0 Å². The summed E-state index contributed by atoms with van der Waals surface area (Å²) >= 11 is 0. The maximum absolute atomic E-state index is 12.1. The van der Waals surface area contributed by atoms with Crippen LogP contribution in [0.25, 0.3) is 11.0 Å². The van der Waals surface area contributed by atoms with Gasteiger partial charge >= 0.3 is 0 Å². The topological polar surface area (TPSA) is 78.0 Å². The fraction of sp³-hybridized carbons (Fsp3) is 0.125. The lowest BCUT2D eigenvalue weighted by Gasteiger charge is -2.03. The first-order chi connectivity index (χ1) is 10.0. The third-order valence-corrected chi connectivity index (χ3v) is 3.48. The molecule has 1 heterocycles. The molecule has 5 heteroatoms. The summed E-state index contributed by atoms with van der Waals surface area (Å²) in [6.07, 6.45) is 0. The second kappa shape index (κ2) is 4.94. The monoisotopic (exact) mass is 281 g/mol. The SMILES string of the molecule is Cc1cc2nc(NC(=O)c3ccccc3O)[nH]c2cc1C. The number of anilines is 1. The number of hydrogen-bond acceptors (Lipinski definition) is 3. The van der Waals surface area contributed by atoms with Crippen LogP contribution in [-0.4, -0.2) is 21.0 Å². The second-order valence-electron chi connectivity index (χ2n) is 5.01. The lowest BCUT2D eigenvalue weighted by atomic mass is 10.1. The molecule has 3 N–H and O–H groups in total. The van der Waals surface area contributed by atoms with Gasteiger partial charge in [-0.1, -0.05) is 12.1 Å². The Morgan fingerprint density at radius 1 is 1.19 bits per heavy atom. The summed E-state index contributed by atoms with van der Waals surface area (Å²) in [5, 5.41) is 12.3. The molecule has 0 aliphatic carbocycles. The van der Waals surface area contributed by atoms with Crippen molar-refractivity contribution in [3.05, 3.63) is 53.1 Å². The molecule has 0 atom stereocenters. The summed E-state index contributed by atoms with van der Waals surface area (Å²) in [5.74, 6) is -0.0957. The first kappa shape index (κ1) is 13.2. The summed E-state index contributed by atoms with van der Waals surface area (Å²) < 4.78 is 0. The first-order valence-electron chi connectivity index (χ1n) is 6.61. The maximum atomic E-state index is 12.1. The van der Waals surface area contributed by atoms with E-state index >= 15 is 0 Å². The largest absolute Gasteiger partial charge is 0.507 e. The maximum Gasteiger partial charge on any atom is 0.261 e. The van der Waals surface area contributed by atoms with Crippen LogP contribution in [0.4, 0.5) is 5.95 Å². The summed E-state index contributed by atoms with van der Waals surface area (Å²) in [7, 11) is 0. The van der Waals surface area contributed by atoms with Crippen molar-refractivity contribution in [1.82, 2.24) is 9.97 Å². The fourth-order valence-corrected chi connectivity index (χ4v) is 2.17. The number of rotatable bonds is 2. The molecule has 0 aliphatic rings. The Labute approximate surface area is 121 Å². The zero-order chi connectivity index (χ0) is 15.0. The molecule has 0 saturated heterocycles. The van der Waals surface area contributed by atoms with Gasteiger partial charge < -0.3 is 10.1 Å². The number of amides is 1. The highest BCUT2D eigenvalue weighted by Gasteiger charge is 2.12. The predicted octanol–water partition coefficient (Wildman–Crippen LogP) is 3.14. The van der Waals surface area contributed by atoms with E-state index in [1.807, 2.05) is 26.0 Å². The van der Waals surface area contributed by atoms with Gasteiger partial charge in [-0.15, -0.1) is 0 Å². The molecule has 21 heavy (non-hydrogen) atoms. The molecule has 3 aromatic rings. The molecule has 0 radical (unpaired) electrons. The molecule has 0 unspecified atom stereocenters. The molecule has 5 nitrogen and oxygen atoms in total. The average molecular weight is 281 g/mol. The van der Waals surface area contributed by atoms with E-state index in [1.54, 1.807) is 18.2 Å². The highest BCUT2D eigenvalue weighted by Crippen LogP contribution is 2.21. The zero-order valence-electron chi connectivity index (χ0n) is 11.8. The minimum atomic E-state index is -0.402. The third-order valence-electron chi connectivity index (χ3n) is 3.48. The molecule has 0 saturated carbocycles. The van der Waals surface area contributed by atoms with Gasteiger partial charge in [-0.2, -0.15) is 0 Å². The van der Waals surface area contributed by atoms with Crippen molar-refractivity contribution in [3.8, 4) is 5.75 Å².